The molecule has 0 bridgehead atoms. The Hall–Kier alpha value is -1.62. The molecule has 4 nitrogen and oxygen atoms in total. The van der Waals surface area contributed by atoms with E-state index in [0.717, 1.165) is 0 Å². The average molecular weight is 238 g/mol. The molecule has 1 aliphatic rings. The second-order valence-electron chi connectivity index (χ2n) is 3.75. The highest BCUT2D eigenvalue weighted by Gasteiger charge is 2.24. The largest absolute Gasteiger partial charge is 0.481 e. The van der Waals surface area contributed by atoms with Gasteiger partial charge in [-0.1, -0.05) is 12.1 Å². The van der Waals surface area contributed by atoms with E-state index >= 15 is 0 Å². The summed E-state index contributed by atoms with van der Waals surface area (Å²) >= 11 is 0. The van der Waals surface area contributed by atoms with Crippen LogP contribution in [0, 0.1) is 0 Å². The molecule has 0 atom stereocenters. The van der Waals surface area contributed by atoms with Crippen molar-refractivity contribution >= 4 is 21.4 Å². The van der Waals surface area contributed by atoms with Crippen LogP contribution in [0.15, 0.2) is 28.5 Å². The van der Waals surface area contributed by atoms with Crippen LogP contribution in [0.2, 0.25) is 0 Å². The summed E-state index contributed by atoms with van der Waals surface area (Å²) in [6.07, 6.45) is -0.165. The molecule has 84 valence electrons. The Kier molecular flexibility index (Phi) is 2.35. The lowest BCUT2D eigenvalue weighted by molar-refractivity contribution is -0.136. The molecule has 0 amide bonds. The summed E-state index contributed by atoms with van der Waals surface area (Å²) in [5.41, 5.74) is 1.85. The van der Waals surface area contributed by atoms with Crippen molar-refractivity contribution in [2.45, 2.75) is 18.2 Å². The summed E-state index contributed by atoms with van der Waals surface area (Å²) in [5, 5.41) is 9.85. The molecule has 0 aromatic heterocycles. The molecule has 1 aromatic rings. The van der Waals surface area contributed by atoms with E-state index in [-0.39, 0.29) is 11.3 Å². The molecular weight excluding hydrogens is 228 g/mol. The van der Waals surface area contributed by atoms with E-state index in [4.69, 9.17) is 5.11 Å². The van der Waals surface area contributed by atoms with E-state index in [9.17, 15) is 13.2 Å². The number of aliphatic carboxylic acids is 1. The minimum Gasteiger partial charge on any atom is -0.481 e. The molecule has 0 saturated carbocycles. The van der Waals surface area contributed by atoms with Crippen LogP contribution in [0.5, 0.6) is 0 Å². The van der Waals surface area contributed by atoms with Gasteiger partial charge in [0.15, 0.2) is 0 Å². The molecule has 0 unspecified atom stereocenters. The minimum absolute atomic E-state index is 0.165. The minimum atomic E-state index is -3.37. The number of fused-ring (bicyclic) bond motifs is 1. The lowest BCUT2D eigenvalue weighted by Crippen LogP contribution is -2.02. The number of carboxylic acid groups (broad SMARTS) is 1. The fourth-order valence-electron chi connectivity index (χ4n) is 1.77. The fourth-order valence-corrected chi connectivity index (χ4v) is 3.34. The Labute approximate surface area is 93.1 Å². The maximum Gasteiger partial charge on any atom is 0.307 e. The van der Waals surface area contributed by atoms with Gasteiger partial charge in [-0.2, -0.15) is 0 Å². The zero-order valence-electron chi connectivity index (χ0n) is 8.60. The van der Waals surface area contributed by atoms with Crippen molar-refractivity contribution in [2.75, 3.05) is 0 Å². The van der Waals surface area contributed by atoms with E-state index in [0.29, 0.717) is 16.7 Å². The van der Waals surface area contributed by atoms with Crippen LogP contribution in [-0.2, 0) is 21.1 Å². The molecule has 1 aromatic carbocycles. The topological polar surface area (TPSA) is 71.4 Å². The number of hydrogen-bond acceptors (Lipinski definition) is 3. The van der Waals surface area contributed by atoms with E-state index < -0.39 is 15.8 Å². The monoisotopic (exact) mass is 238 g/mol. The number of sulfone groups is 1. The van der Waals surface area contributed by atoms with Gasteiger partial charge in [0.05, 0.1) is 11.3 Å². The van der Waals surface area contributed by atoms with Crippen LogP contribution >= 0.6 is 0 Å². The summed E-state index contributed by atoms with van der Waals surface area (Å²) in [7, 11) is -3.37. The Morgan fingerprint density at radius 2 is 2.06 bits per heavy atom. The van der Waals surface area contributed by atoms with Gasteiger partial charge in [-0.3, -0.25) is 4.79 Å². The molecule has 0 fully saturated rings. The summed E-state index contributed by atoms with van der Waals surface area (Å²) in [6.45, 7) is 1.72. The Morgan fingerprint density at radius 1 is 1.38 bits per heavy atom. The first-order valence-electron chi connectivity index (χ1n) is 4.68. The molecule has 1 aliphatic heterocycles. The summed E-state index contributed by atoms with van der Waals surface area (Å²) in [4.78, 5) is 10.7. The maximum absolute atomic E-state index is 11.7. The zero-order valence-corrected chi connectivity index (χ0v) is 9.41. The summed E-state index contributed by atoms with van der Waals surface area (Å²) in [5.74, 6) is -0.972. The molecule has 0 spiro atoms. The summed E-state index contributed by atoms with van der Waals surface area (Å²) < 4.78 is 23.4. The van der Waals surface area contributed by atoms with Crippen molar-refractivity contribution in [2.24, 2.45) is 0 Å². The van der Waals surface area contributed by atoms with Gasteiger partial charge in [0.1, 0.15) is 0 Å². The van der Waals surface area contributed by atoms with Crippen LogP contribution in [0.25, 0.3) is 5.57 Å². The van der Waals surface area contributed by atoms with Gasteiger partial charge in [-0.25, -0.2) is 8.42 Å². The quantitative estimate of drug-likeness (QED) is 0.846. The van der Waals surface area contributed by atoms with Crippen LogP contribution in [0.3, 0.4) is 0 Å². The van der Waals surface area contributed by atoms with Crippen LogP contribution in [0.4, 0.5) is 0 Å². The molecule has 1 N–H and O–H groups in total. The average Bonchev–Trinajstić information content (AvgIpc) is 2.36. The standard InChI is InChI=1S/C11H10O4S/c1-7-6-16(14,15)10-4-8(5-11(12)13)2-3-9(7)10/h2-4,6H,5H2,1H3,(H,12,13). The SMILES string of the molecule is CC1=CS(=O)(=O)c2cc(CC(=O)O)ccc21. The highest BCUT2D eigenvalue weighted by Crippen LogP contribution is 2.33. The first kappa shape index (κ1) is 10.9. The van der Waals surface area contributed by atoms with E-state index in [1.807, 2.05) is 0 Å². The van der Waals surface area contributed by atoms with Gasteiger partial charge in [-0.15, -0.1) is 0 Å². The third-order valence-corrected chi connectivity index (χ3v) is 4.08. The lowest BCUT2D eigenvalue weighted by atomic mass is 10.1. The van der Waals surface area contributed by atoms with Gasteiger partial charge >= 0.3 is 5.97 Å². The molecule has 2 rings (SSSR count). The van der Waals surface area contributed by atoms with E-state index in [1.165, 1.54) is 11.5 Å². The first-order valence-corrected chi connectivity index (χ1v) is 6.23. The van der Waals surface area contributed by atoms with Crippen molar-refractivity contribution in [1.29, 1.82) is 0 Å². The second-order valence-corrected chi connectivity index (χ2v) is 5.51. The van der Waals surface area contributed by atoms with Gasteiger partial charge in [0.2, 0.25) is 9.84 Å². The smallest absolute Gasteiger partial charge is 0.307 e. The Bertz CT molecular complexity index is 596. The number of carboxylic acids is 1. The number of carbonyl (C=O) groups is 1. The molecule has 16 heavy (non-hydrogen) atoms. The number of benzene rings is 1. The molecule has 0 saturated heterocycles. The Balaban J connectivity index is 2.54. The maximum atomic E-state index is 11.7. The summed E-state index contributed by atoms with van der Waals surface area (Å²) in [6, 6.07) is 4.74. The highest BCUT2D eigenvalue weighted by atomic mass is 32.2. The van der Waals surface area contributed by atoms with Crippen molar-refractivity contribution < 1.29 is 18.3 Å². The van der Waals surface area contributed by atoms with Crippen molar-refractivity contribution in [3.05, 3.63) is 34.7 Å². The molecule has 0 aliphatic carbocycles. The van der Waals surface area contributed by atoms with Crippen LogP contribution < -0.4 is 0 Å². The van der Waals surface area contributed by atoms with Crippen LogP contribution in [0.1, 0.15) is 18.1 Å². The Morgan fingerprint density at radius 3 is 2.69 bits per heavy atom. The third-order valence-electron chi connectivity index (χ3n) is 2.46. The predicted octanol–water partition coefficient (Wildman–Crippen LogP) is 1.46. The number of rotatable bonds is 2. The molecule has 5 heteroatoms. The van der Waals surface area contributed by atoms with E-state index in [2.05, 4.69) is 0 Å². The molecular formula is C11H10O4S. The van der Waals surface area contributed by atoms with Crippen LogP contribution in [-0.4, -0.2) is 19.5 Å². The fraction of sp³-hybridized carbons (Fsp3) is 0.182. The number of hydrogen-bond donors (Lipinski definition) is 1. The predicted molar refractivity (Wildman–Crippen MR) is 58.6 cm³/mol. The van der Waals surface area contributed by atoms with Gasteiger partial charge < -0.3 is 5.11 Å². The van der Waals surface area contributed by atoms with Gasteiger partial charge in [-0.05, 0) is 29.7 Å². The second kappa shape index (κ2) is 3.45. The van der Waals surface area contributed by atoms with Crippen molar-refractivity contribution in [3.8, 4) is 0 Å². The zero-order chi connectivity index (χ0) is 11.9. The molecule has 1 heterocycles. The highest BCUT2D eigenvalue weighted by molar-refractivity contribution is 7.95. The third kappa shape index (κ3) is 1.74. The normalized spacial score (nSPS) is 16.7. The number of allylic oxidation sites excluding steroid dienone is 1. The van der Waals surface area contributed by atoms with E-state index in [1.54, 1.807) is 19.1 Å². The van der Waals surface area contributed by atoms with Gasteiger partial charge in [0.25, 0.3) is 0 Å². The van der Waals surface area contributed by atoms with Crippen molar-refractivity contribution in [1.82, 2.24) is 0 Å². The van der Waals surface area contributed by atoms with Gasteiger partial charge in [0, 0.05) is 5.41 Å². The van der Waals surface area contributed by atoms with Crippen molar-refractivity contribution in [3.63, 3.8) is 0 Å². The first-order chi connectivity index (χ1) is 7.40. The lowest BCUT2D eigenvalue weighted by Gasteiger charge is -2.03. The molecule has 0 radical (unpaired) electrons.